The third-order valence-electron chi connectivity index (χ3n) is 3.29. The molecule has 0 unspecified atom stereocenters. The van der Waals surface area contributed by atoms with Crippen molar-refractivity contribution in [2.45, 2.75) is 32.5 Å². The number of benzene rings is 1. The van der Waals surface area contributed by atoms with Gasteiger partial charge in [-0.05, 0) is 45.0 Å². The summed E-state index contributed by atoms with van der Waals surface area (Å²) in [5.74, 6) is -1.17. The molecule has 1 aromatic heterocycles. The second-order valence-corrected chi connectivity index (χ2v) is 7.22. The summed E-state index contributed by atoms with van der Waals surface area (Å²) in [7, 11) is 0. The molecule has 2 amide bonds. The van der Waals surface area contributed by atoms with Crippen LogP contribution in [0.2, 0.25) is 5.02 Å². The van der Waals surface area contributed by atoms with E-state index < -0.39 is 29.1 Å². The van der Waals surface area contributed by atoms with E-state index in [9.17, 15) is 22.8 Å². The number of nitrogens with one attached hydrogen (secondary N) is 2. The topological polar surface area (TPSA) is 71.1 Å². The molecule has 0 saturated heterocycles. The molecule has 0 aliphatic rings. The van der Waals surface area contributed by atoms with Crippen molar-refractivity contribution >= 4 is 29.1 Å². The monoisotopic (exact) mass is 399 g/mol. The number of carbonyl (C=O) groups excluding carboxylic acids is 2. The third-order valence-corrected chi connectivity index (χ3v) is 3.62. The van der Waals surface area contributed by atoms with Crippen molar-refractivity contribution in [3.8, 4) is 0 Å². The van der Waals surface area contributed by atoms with Gasteiger partial charge in [0.15, 0.2) is 0 Å². The number of halogens is 4. The lowest BCUT2D eigenvalue weighted by Crippen LogP contribution is -2.40. The number of hydrogen-bond acceptors (Lipinski definition) is 3. The van der Waals surface area contributed by atoms with E-state index in [1.54, 1.807) is 20.8 Å². The van der Waals surface area contributed by atoms with Crippen LogP contribution in [-0.4, -0.2) is 22.3 Å². The first-order valence-electron chi connectivity index (χ1n) is 7.82. The van der Waals surface area contributed by atoms with Gasteiger partial charge >= 0.3 is 6.18 Å². The van der Waals surface area contributed by atoms with E-state index >= 15 is 0 Å². The van der Waals surface area contributed by atoms with E-state index in [1.165, 1.54) is 18.5 Å². The summed E-state index contributed by atoms with van der Waals surface area (Å²) in [6.07, 6.45) is -2.09. The van der Waals surface area contributed by atoms with Crippen molar-refractivity contribution in [2.75, 3.05) is 5.32 Å². The Kier molecular flexibility index (Phi) is 5.79. The molecule has 2 N–H and O–H groups in total. The van der Waals surface area contributed by atoms with Gasteiger partial charge < -0.3 is 10.6 Å². The Balaban J connectivity index is 2.25. The largest absolute Gasteiger partial charge is 0.416 e. The summed E-state index contributed by atoms with van der Waals surface area (Å²) in [6.45, 7) is 5.39. The maximum Gasteiger partial charge on any atom is 0.416 e. The van der Waals surface area contributed by atoms with Gasteiger partial charge in [0, 0.05) is 17.9 Å². The Morgan fingerprint density at radius 2 is 1.59 bits per heavy atom. The number of rotatable bonds is 3. The molecule has 2 rings (SSSR count). The molecule has 0 atom stereocenters. The van der Waals surface area contributed by atoms with Gasteiger partial charge in [0.05, 0.1) is 27.4 Å². The summed E-state index contributed by atoms with van der Waals surface area (Å²) in [5.41, 5.74) is -1.47. The maximum absolute atomic E-state index is 12.8. The van der Waals surface area contributed by atoms with Crippen molar-refractivity contribution in [2.24, 2.45) is 0 Å². The fourth-order valence-corrected chi connectivity index (χ4v) is 2.26. The molecule has 144 valence electrons. The van der Waals surface area contributed by atoms with Gasteiger partial charge in [0.1, 0.15) is 0 Å². The summed E-state index contributed by atoms with van der Waals surface area (Å²) in [6, 6.07) is 3.90. The lowest BCUT2D eigenvalue weighted by Gasteiger charge is -2.20. The zero-order valence-electron chi connectivity index (χ0n) is 14.7. The number of pyridine rings is 1. The number of aromatic nitrogens is 1. The van der Waals surface area contributed by atoms with Gasteiger partial charge in [0.2, 0.25) is 0 Å². The first-order valence-corrected chi connectivity index (χ1v) is 8.20. The minimum atomic E-state index is -4.57. The highest BCUT2D eigenvalue weighted by Crippen LogP contribution is 2.34. The first kappa shape index (κ1) is 20.7. The summed E-state index contributed by atoms with van der Waals surface area (Å²) in [4.78, 5) is 28.4. The van der Waals surface area contributed by atoms with E-state index in [2.05, 4.69) is 15.6 Å². The van der Waals surface area contributed by atoms with Crippen LogP contribution in [0.5, 0.6) is 0 Å². The van der Waals surface area contributed by atoms with E-state index in [0.29, 0.717) is 0 Å². The number of amides is 2. The Labute approximate surface area is 158 Å². The second-order valence-electron chi connectivity index (χ2n) is 6.81. The van der Waals surface area contributed by atoms with Crippen LogP contribution in [0.15, 0.2) is 36.7 Å². The number of anilines is 1. The van der Waals surface area contributed by atoms with E-state index in [0.717, 1.165) is 18.2 Å². The zero-order chi connectivity index (χ0) is 20.4. The van der Waals surface area contributed by atoms with Crippen LogP contribution in [0.25, 0.3) is 0 Å². The van der Waals surface area contributed by atoms with Gasteiger partial charge in [-0.1, -0.05) is 11.6 Å². The van der Waals surface area contributed by atoms with Crippen LogP contribution >= 0.6 is 11.6 Å². The van der Waals surface area contributed by atoms with Gasteiger partial charge in [-0.2, -0.15) is 13.2 Å². The van der Waals surface area contributed by atoms with E-state index in [1.807, 2.05) is 0 Å². The van der Waals surface area contributed by atoms with E-state index in [4.69, 9.17) is 11.6 Å². The Morgan fingerprint density at radius 3 is 2.15 bits per heavy atom. The highest BCUT2D eigenvalue weighted by molar-refractivity contribution is 6.34. The highest BCUT2D eigenvalue weighted by Gasteiger charge is 2.31. The van der Waals surface area contributed by atoms with Gasteiger partial charge in [-0.25, -0.2) is 0 Å². The molecule has 5 nitrogen and oxygen atoms in total. The summed E-state index contributed by atoms with van der Waals surface area (Å²) < 4.78 is 38.5. The molecule has 27 heavy (non-hydrogen) atoms. The molecule has 0 bridgehead atoms. The summed E-state index contributed by atoms with van der Waals surface area (Å²) in [5, 5.41) is 4.99. The van der Waals surface area contributed by atoms with Crippen LogP contribution < -0.4 is 10.6 Å². The second kappa shape index (κ2) is 7.56. The molecule has 0 aliphatic carbocycles. The van der Waals surface area contributed by atoms with Crippen LogP contribution in [0.3, 0.4) is 0 Å². The van der Waals surface area contributed by atoms with Crippen LogP contribution in [-0.2, 0) is 6.18 Å². The van der Waals surface area contributed by atoms with Gasteiger partial charge in [-0.15, -0.1) is 0 Å². The Bertz CT molecular complexity index is 877. The fraction of sp³-hybridized carbons (Fsp3) is 0.278. The van der Waals surface area contributed by atoms with Gasteiger partial charge in [-0.3, -0.25) is 14.6 Å². The van der Waals surface area contributed by atoms with Crippen molar-refractivity contribution < 1.29 is 22.8 Å². The lowest BCUT2D eigenvalue weighted by atomic mass is 10.1. The maximum atomic E-state index is 12.8. The Morgan fingerprint density at radius 1 is 1.00 bits per heavy atom. The number of nitrogens with zero attached hydrogens (tertiary/aromatic N) is 1. The molecule has 0 spiro atoms. The molecular weight excluding hydrogens is 383 g/mol. The quantitative estimate of drug-likeness (QED) is 0.796. The van der Waals surface area contributed by atoms with Crippen molar-refractivity contribution in [3.63, 3.8) is 0 Å². The third kappa shape index (κ3) is 5.68. The molecular formula is C18H17ClF3N3O2. The average molecular weight is 400 g/mol. The number of alkyl halides is 3. The van der Waals surface area contributed by atoms with Gasteiger partial charge in [0.25, 0.3) is 11.8 Å². The van der Waals surface area contributed by atoms with Crippen LogP contribution in [0.4, 0.5) is 18.9 Å². The fourth-order valence-electron chi connectivity index (χ4n) is 2.09. The van der Waals surface area contributed by atoms with Crippen molar-refractivity contribution in [1.82, 2.24) is 10.3 Å². The average Bonchev–Trinajstić information content (AvgIpc) is 2.54. The van der Waals surface area contributed by atoms with Crippen LogP contribution in [0, 0.1) is 0 Å². The van der Waals surface area contributed by atoms with Crippen molar-refractivity contribution in [3.05, 3.63) is 58.4 Å². The molecule has 0 saturated carbocycles. The molecule has 0 aliphatic heterocycles. The molecule has 2 aromatic rings. The lowest BCUT2D eigenvalue weighted by molar-refractivity contribution is -0.137. The first-order chi connectivity index (χ1) is 12.4. The molecule has 9 heteroatoms. The molecule has 0 fully saturated rings. The molecule has 0 radical (unpaired) electrons. The molecule has 1 heterocycles. The minimum absolute atomic E-state index is 0.00466. The summed E-state index contributed by atoms with van der Waals surface area (Å²) >= 11 is 5.87. The normalized spacial score (nSPS) is 11.8. The number of carbonyl (C=O) groups is 2. The standard InChI is InChI=1S/C18H17ClF3N3O2/c1-17(2,3)25-16(27)11-6-10(8-23-9-11)15(26)24-14-7-12(18(20,21)22)4-5-13(14)19/h4-9H,1-3H3,(H,24,26)(H,25,27). The highest BCUT2D eigenvalue weighted by atomic mass is 35.5. The predicted octanol–water partition coefficient (Wildman–Crippen LogP) is 4.53. The van der Waals surface area contributed by atoms with E-state index in [-0.39, 0.29) is 21.8 Å². The zero-order valence-corrected chi connectivity index (χ0v) is 15.5. The molecule has 1 aromatic carbocycles. The SMILES string of the molecule is CC(C)(C)NC(=O)c1cncc(C(=O)Nc2cc(C(F)(F)F)ccc2Cl)c1. The van der Waals surface area contributed by atoms with Crippen molar-refractivity contribution in [1.29, 1.82) is 0 Å². The predicted molar refractivity (Wildman–Crippen MR) is 95.9 cm³/mol. The van der Waals surface area contributed by atoms with Crippen LogP contribution in [0.1, 0.15) is 47.1 Å². The number of hydrogen-bond donors (Lipinski definition) is 2. The smallest absolute Gasteiger partial charge is 0.347 e. The Hall–Kier alpha value is -2.61. The minimum Gasteiger partial charge on any atom is -0.347 e.